The number of sulfonamides is 1. The van der Waals surface area contributed by atoms with E-state index in [0.29, 0.717) is 33.5 Å². The Balaban J connectivity index is 2.12. The summed E-state index contributed by atoms with van der Waals surface area (Å²) >= 11 is 12.5. The van der Waals surface area contributed by atoms with Gasteiger partial charge in [-0.05, 0) is 59.7 Å². The first-order valence-corrected chi connectivity index (χ1v) is 11.4. The lowest BCUT2D eigenvalue weighted by atomic mass is 10.0. The number of hydrogen-bond acceptors (Lipinski definition) is 4. The SMILES string of the molecule is COc1ccc(S(=O)(=O)N(CC(N)=O)c2ccc(Cl)cc2Cc2ccccc2Cl)cc1. The average molecular weight is 479 g/mol. The van der Waals surface area contributed by atoms with Gasteiger partial charge in [0.05, 0.1) is 17.7 Å². The topological polar surface area (TPSA) is 89.7 Å². The zero-order valence-electron chi connectivity index (χ0n) is 16.6. The molecule has 0 aromatic heterocycles. The molecule has 0 heterocycles. The fourth-order valence-corrected chi connectivity index (χ4v) is 4.97. The van der Waals surface area contributed by atoms with E-state index in [1.165, 1.54) is 31.4 Å². The van der Waals surface area contributed by atoms with Gasteiger partial charge >= 0.3 is 0 Å². The van der Waals surface area contributed by atoms with Gasteiger partial charge in [0.25, 0.3) is 10.0 Å². The number of nitrogens with zero attached hydrogens (tertiary/aromatic N) is 1. The Morgan fingerprint density at radius 3 is 2.29 bits per heavy atom. The Hall–Kier alpha value is -2.74. The number of nitrogens with two attached hydrogens (primary N) is 1. The number of carbonyl (C=O) groups excluding carboxylic acids is 1. The second-order valence-electron chi connectivity index (χ2n) is 6.69. The van der Waals surface area contributed by atoms with Crippen LogP contribution in [-0.4, -0.2) is 28.0 Å². The van der Waals surface area contributed by atoms with Crippen molar-refractivity contribution >= 4 is 44.8 Å². The van der Waals surface area contributed by atoms with Gasteiger partial charge in [-0.2, -0.15) is 0 Å². The maximum Gasteiger partial charge on any atom is 0.264 e. The number of halogens is 2. The number of ether oxygens (including phenoxy) is 1. The Morgan fingerprint density at radius 2 is 1.68 bits per heavy atom. The van der Waals surface area contributed by atoms with E-state index >= 15 is 0 Å². The van der Waals surface area contributed by atoms with E-state index in [-0.39, 0.29) is 4.90 Å². The van der Waals surface area contributed by atoms with Crippen molar-refractivity contribution in [1.29, 1.82) is 0 Å². The highest BCUT2D eigenvalue weighted by molar-refractivity contribution is 7.92. The van der Waals surface area contributed by atoms with Crippen molar-refractivity contribution in [3.05, 3.63) is 87.9 Å². The third kappa shape index (κ3) is 5.31. The van der Waals surface area contributed by atoms with E-state index in [9.17, 15) is 13.2 Å². The summed E-state index contributed by atoms with van der Waals surface area (Å²) in [6.07, 6.45) is 0.308. The van der Waals surface area contributed by atoms with Crippen LogP contribution in [0.5, 0.6) is 5.75 Å². The monoisotopic (exact) mass is 478 g/mol. The second-order valence-corrected chi connectivity index (χ2v) is 9.40. The molecule has 0 aliphatic carbocycles. The van der Waals surface area contributed by atoms with E-state index in [1.54, 1.807) is 30.3 Å². The minimum absolute atomic E-state index is 0.00630. The van der Waals surface area contributed by atoms with E-state index in [1.807, 2.05) is 12.1 Å². The minimum Gasteiger partial charge on any atom is -0.497 e. The molecule has 1 amide bonds. The molecule has 0 spiro atoms. The number of primary amides is 1. The number of methoxy groups -OCH3 is 1. The number of hydrogen-bond donors (Lipinski definition) is 1. The molecule has 9 heteroatoms. The molecule has 31 heavy (non-hydrogen) atoms. The Bertz CT molecular complexity index is 1200. The van der Waals surface area contributed by atoms with Gasteiger partial charge in [0.15, 0.2) is 0 Å². The van der Waals surface area contributed by atoms with Crippen LogP contribution in [0, 0.1) is 0 Å². The van der Waals surface area contributed by atoms with Crippen LogP contribution in [0.25, 0.3) is 0 Å². The van der Waals surface area contributed by atoms with E-state index in [2.05, 4.69) is 0 Å². The number of amides is 1. The molecule has 6 nitrogen and oxygen atoms in total. The van der Waals surface area contributed by atoms with Crippen molar-refractivity contribution < 1.29 is 17.9 Å². The zero-order chi connectivity index (χ0) is 22.6. The number of rotatable bonds is 8. The molecule has 3 aromatic rings. The van der Waals surface area contributed by atoms with Crippen molar-refractivity contribution in [3.63, 3.8) is 0 Å². The fraction of sp³-hybridized carbons (Fsp3) is 0.136. The first-order chi connectivity index (χ1) is 14.7. The van der Waals surface area contributed by atoms with Gasteiger partial charge in [-0.15, -0.1) is 0 Å². The standard InChI is InChI=1S/C22H20Cl2N2O4S/c1-30-18-7-9-19(10-8-18)31(28,29)26(14-22(25)27)21-11-6-17(23)13-16(21)12-15-4-2-3-5-20(15)24/h2-11,13H,12,14H2,1H3,(H2,25,27). The van der Waals surface area contributed by atoms with Crippen molar-refractivity contribution in [2.75, 3.05) is 18.0 Å². The largest absolute Gasteiger partial charge is 0.497 e. The molecule has 0 bridgehead atoms. The predicted octanol–water partition coefficient (Wildman–Crippen LogP) is 4.27. The molecular formula is C22H20Cl2N2O4S. The van der Waals surface area contributed by atoms with Gasteiger partial charge in [-0.3, -0.25) is 9.10 Å². The summed E-state index contributed by atoms with van der Waals surface area (Å²) in [4.78, 5) is 11.8. The first kappa shape index (κ1) is 22.9. The van der Waals surface area contributed by atoms with Gasteiger partial charge in [-0.25, -0.2) is 8.42 Å². The highest BCUT2D eigenvalue weighted by atomic mass is 35.5. The van der Waals surface area contributed by atoms with Gasteiger partial charge < -0.3 is 10.5 Å². The smallest absolute Gasteiger partial charge is 0.264 e. The molecule has 0 aliphatic rings. The molecule has 0 saturated heterocycles. The summed E-state index contributed by atoms with van der Waals surface area (Å²) in [5, 5.41) is 0.958. The predicted molar refractivity (Wildman–Crippen MR) is 122 cm³/mol. The molecule has 2 N–H and O–H groups in total. The van der Waals surface area contributed by atoms with Crippen LogP contribution in [-0.2, 0) is 21.2 Å². The van der Waals surface area contributed by atoms with E-state index < -0.39 is 22.5 Å². The van der Waals surface area contributed by atoms with Crippen LogP contribution in [0.4, 0.5) is 5.69 Å². The highest BCUT2D eigenvalue weighted by Crippen LogP contribution is 2.32. The summed E-state index contributed by atoms with van der Waals surface area (Å²) < 4.78 is 33.0. The third-order valence-electron chi connectivity index (χ3n) is 4.60. The summed E-state index contributed by atoms with van der Waals surface area (Å²) in [5.41, 5.74) is 7.05. The lowest BCUT2D eigenvalue weighted by molar-refractivity contribution is -0.116. The lowest BCUT2D eigenvalue weighted by Gasteiger charge is -2.26. The number of anilines is 1. The molecule has 0 saturated carbocycles. The van der Waals surface area contributed by atoms with E-state index in [4.69, 9.17) is 33.7 Å². The Kier molecular flexibility index (Phi) is 7.10. The van der Waals surface area contributed by atoms with E-state index in [0.717, 1.165) is 9.87 Å². The van der Waals surface area contributed by atoms with Crippen LogP contribution in [0.1, 0.15) is 11.1 Å². The van der Waals surface area contributed by atoms with Crippen LogP contribution in [0.3, 0.4) is 0 Å². The minimum atomic E-state index is -4.11. The lowest BCUT2D eigenvalue weighted by Crippen LogP contribution is -2.39. The van der Waals surface area contributed by atoms with Crippen LogP contribution >= 0.6 is 23.2 Å². The molecular weight excluding hydrogens is 459 g/mol. The molecule has 3 aromatic carbocycles. The van der Waals surface area contributed by atoms with Crippen molar-refractivity contribution in [1.82, 2.24) is 0 Å². The molecule has 0 unspecified atom stereocenters. The van der Waals surface area contributed by atoms with Gasteiger partial charge in [0.2, 0.25) is 5.91 Å². The Labute approximate surface area is 191 Å². The normalized spacial score (nSPS) is 11.2. The van der Waals surface area contributed by atoms with Crippen molar-refractivity contribution in [2.24, 2.45) is 5.73 Å². The molecule has 162 valence electrons. The summed E-state index contributed by atoms with van der Waals surface area (Å²) in [6, 6.07) is 17.9. The molecule has 0 atom stereocenters. The van der Waals surface area contributed by atoms with Gasteiger partial charge in [0.1, 0.15) is 12.3 Å². The average Bonchev–Trinajstić information content (AvgIpc) is 2.74. The van der Waals surface area contributed by atoms with Gasteiger partial charge in [0, 0.05) is 16.5 Å². The number of carbonyl (C=O) groups is 1. The highest BCUT2D eigenvalue weighted by Gasteiger charge is 2.28. The van der Waals surface area contributed by atoms with Crippen LogP contribution in [0.15, 0.2) is 71.6 Å². The van der Waals surface area contributed by atoms with Gasteiger partial charge in [-0.1, -0.05) is 41.4 Å². The summed E-state index contributed by atoms with van der Waals surface area (Å²) in [5.74, 6) is -0.290. The van der Waals surface area contributed by atoms with Crippen molar-refractivity contribution in [2.45, 2.75) is 11.3 Å². The maximum atomic E-state index is 13.4. The Morgan fingerprint density at radius 1 is 1.00 bits per heavy atom. The quantitative estimate of drug-likeness (QED) is 0.523. The zero-order valence-corrected chi connectivity index (χ0v) is 18.9. The summed E-state index contributed by atoms with van der Waals surface area (Å²) in [6.45, 7) is -0.536. The molecule has 3 rings (SSSR count). The summed E-state index contributed by atoms with van der Waals surface area (Å²) in [7, 11) is -2.63. The second kappa shape index (κ2) is 9.60. The first-order valence-electron chi connectivity index (χ1n) is 9.19. The fourth-order valence-electron chi connectivity index (χ4n) is 3.10. The van der Waals surface area contributed by atoms with Crippen LogP contribution < -0.4 is 14.8 Å². The molecule has 0 radical (unpaired) electrons. The van der Waals surface area contributed by atoms with Crippen molar-refractivity contribution in [3.8, 4) is 5.75 Å². The third-order valence-corrected chi connectivity index (χ3v) is 6.97. The molecule has 0 aliphatic heterocycles. The maximum absolute atomic E-state index is 13.4. The van der Waals surface area contributed by atoms with Crippen LogP contribution in [0.2, 0.25) is 10.0 Å². The molecule has 0 fully saturated rings. The number of benzene rings is 3.